The van der Waals surface area contributed by atoms with Gasteiger partial charge in [-0.2, -0.15) is 0 Å². The van der Waals surface area contributed by atoms with Crippen LogP contribution in [-0.2, 0) is 6.42 Å². The second-order valence-electron chi connectivity index (χ2n) is 6.73. The van der Waals surface area contributed by atoms with Gasteiger partial charge in [-0.05, 0) is 43.0 Å². The lowest BCUT2D eigenvalue weighted by Crippen LogP contribution is -2.36. The number of hydrogen-bond donors (Lipinski definition) is 2. The van der Waals surface area contributed by atoms with Crippen molar-refractivity contribution >= 4 is 11.6 Å². The molecular weight excluding hydrogens is 326 g/mol. The van der Waals surface area contributed by atoms with E-state index in [1.54, 1.807) is 19.4 Å². The second kappa shape index (κ2) is 9.22. The number of ether oxygens (including phenoxy) is 1. The Morgan fingerprint density at radius 3 is 2.69 bits per heavy atom. The molecule has 138 valence electrons. The van der Waals surface area contributed by atoms with E-state index in [0.29, 0.717) is 11.7 Å². The van der Waals surface area contributed by atoms with Crippen LogP contribution in [0.15, 0.2) is 42.6 Å². The quantitative estimate of drug-likeness (QED) is 0.794. The third-order valence-electron chi connectivity index (χ3n) is 4.85. The molecule has 1 fully saturated rings. The van der Waals surface area contributed by atoms with Gasteiger partial charge < -0.3 is 15.4 Å². The number of carbonyl (C=O) groups excluding carboxylic acids is 1. The van der Waals surface area contributed by atoms with Crippen molar-refractivity contribution in [1.29, 1.82) is 0 Å². The van der Waals surface area contributed by atoms with E-state index in [0.717, 1.165) is 37.2 Å². The molecule has 1 saturated carbocycles. The number of pyridine rings is 1. The van der Waals surface area contributed by atoms with Crippen LogP contribution in [0.1, 0.15) is 48.2 Å². The van der Waals surface area contributed by atoms with Gasteiger partial charge in [0.1, 0.15) is 11.4 Å². The minimum atomic E-state index is -0.0718. The first-order chi connectivity index (χ1) is 12.8. The summed E-state index contributed by atoms with van der Waals surface area (Å²) in [6, 6.07) is 12.0. The monoisotopic (exact) mass is 353 g/mol. The maximum atomic E-state index is 12.3. The lowest BCUT2D eigenvalue weighted by atomic mass is 9.95. The van der Waals surface area contributed by atoms with Crippen molar-refractivity contribution in [3.05, 3.63) is 53.9 Å². The van der Waals surface area contributed by atoms with Gasteiger partial charge in [0.15, 0.2) is 0 Å². The van der Waals surface area contributed by atoms with E-state index < -0.39 is 0 Å². The standard InChI is InChI=1S/C21H27N3O2/c1-26-20-10-6-5-7-16(20)13-14-22-18-11-12-19(23-15-18)21(25)24-17-8-3-2-4-9-17/h5-7,10-12,15,17,22H,2-4,8-9,13-14H2,1H3,(H,24,25). The van der Waals surface area contributed by atoms with Crippen molar-refractivity contribution < 1.29 is 9.53 Å². The fourth-order valence-electron chi connectivity index (χ4n) is 3.39. The largest absolute Gasteiger partial charge is 0.496 e. The molecule has 1 amide bonds. The van der Waals surface area contributed by atoms with Crippen LogP contribution >= 0.6 is 0 Å². The maximum absolute atomic E-state index is 12.3. The third kappa shape index (κ3) is 4.97. The lowest BCUT2D eigenvalue weighted by molar-refractivity contribution is 0.0922. The minimum Gasteiger partial charge on any atom is -0.496 e. The number of aromatic nitrogens is 1. The van der Waals surface area contributed by atoms with Crippen LogP contribution in [-0.4, -0.2) is 30.6 Å². The molecule has 0 spiro atoms. The molecule has 1 aromatic heterocycles. The van der Waals surface area contributed by atoms with Gasteiger partial charge in [-0.1, -0.05) is 37.5 Å². The van der Waals surface area contributed by atoms with E-state index in [2.05, 4.69) is 21.7 Å². The first-order valence-corrected chi connectivity index (χ1v) is 9.39. The summed E-state index contributed by atoms with van der Waals surface area (Å²) in [6.07, 6.45) is 8.41. The Kier molecular flexibility index (Phi) is 6.47. The predicted molar refractivity (Wildman–Crippen MR) is 104 cm³/mol. The van der Waals surface area contributed by atoms with E-state index in [-0.39, 0.29) is 5.91 Å². The molecule has 5 nitrogen and oxygen atoms in total. The molecule has 1 heterocycles. The van der Waals surface area contributed by atoms with Crippen molar-refractivity contribution in [3.8, 4) is 5.75 Å². The number of benzene rings is 1. The number of nitrogens with zero attached hydrogens (tertiary/aromatic N) is 1. The summed E-state index contributed by atoms with van der Waals surface area (Å²) >= 11 is 0. The van der Waals surface area contributed by atoms with Crippen molar-refractivity contribution in [2.45, 2.75) is 44.6 Å². The average molecular weight is 353 g/mol. The van der Waals surface area contributed by atoms with Crippen molar-refractivity contribution in [2.24, 2.45) is 0 Å². The molecule has 26 heavy (non-hydrogen) atoms. The fraction of sp³-hybridized carbons (Fsp3) is 0.429. The predicted octanol–water partition coefficient (Wildman–Crippen LogP) is 3.81. The molecule has 2 aromatic rings. The molecule has 0 radical (unpaired) electrons. The highest BCUT2D eigenvalue weighted by Gasteiger charge is 2.17. The van der Waals surface area contributed by atoms with Crippen molar-refractivity contribution in [3.63, 3.8) is 0 Å². The van der Waals surface area contributed by atoms with Crippen LogP contribution in [0.3, 0.4) is 0 Å². The zero-order chi connectivity index (χ0) is 18.2. The van der Waals surface area contributed by atoms with Crippen LogP contribution in [0.25, 0.3) is 0 Å². The SMILES string of the molecule is COc1ccccc1CCNc1ccc(C(=O)NC2CCCCC2)nc1. The first-order valence-electron chi connectivity index (χ1n) is 9.39. The lowest BCUT2D eigenvalue weighted by Gasteiger charge is -2.22. The number of rotatable bonds is 7. The molecule has 0 unspecified atom stereocenters. The Morgan fingerprint density at radius 2 is 1.96 bits per heavy atom. The third-order valence-corrected chi connectivity index (χ3v) is 4.85. The molecule has 2 N–H and O–H groups in total. The summed E-state index contributed by atoms with van der Waals surface area (Å²) in [5, 5.41) is 6.44. The van der Waals surface area contributed by atoms with Gasteiger partial charge in [-0.3, -0.25) is 4.79 Å². The molecule has 0 bridgehead atoms. The van der Waals surface area contributed by atoms with Gasteiger partial charge in [0, 0.05) is 12.6 Å². The summed E-state index contributed by atoms with van der Waals surface area (Å²) in [4.78, 5) is 16.6. The van der Waals surface area contributed by atoms with Gasteiger partial charge in [0.25, 0.3) is 5.91 Å². The fourth-order valence-corrected chi connectivity index (χ4v) is 3.39. The Bertz CT molecular complexity index is 709. The zero-order valence-corrected chi connectivity index (χ0v) is 15.3. The Balaban J connectivity index is 1.48. The summed E-state index contributed by atoms with van der Waals surface area (Å²) in [6.45, 7) is 0.773. The number of hydrogen-bond acceptors (Lipinski definition) is 4. The highest BCUT2D eigenvalue weighted by atomic mass is 16.5. The minimum absolute atomic E-state index is 0.0718. The van der Waals surface area contributed by atoms with Gasteiger partial charge in [-0.25, -0.2) is 4.98 Å². The molecule has 1 aliphatic carbocycles. The summed E-state index contributed by atoms with van der Waals surface area (Å²) in [7, 11) is 1.69. The second-order valence-corrected chi connectivity index (χ2v) is 6.73. The van der Waals surface area contributed by atoms with E-state index in [1.165, 1.54) is 24.8 Å². The number of nitrogens with one attached hydrogen (secondary N) is 2. The molecule has 3 rings (SSSR count). The summed E-state index contributed by atoms with van der Waals surface area (Å²) in [5.74, 6) is 0.833. The van der Waals surface area contributed by atoms with E-state index in [9.17, 15) is 4.79 Å². The number of para-hydroxylation sites is 1. The van der Waals surface area contributed by atoms with Gasteiger partial charge in [-0.15, -0.1) is 0 Å². The van der Waals surface area contributed by atoms with Gasteiger partial charge >= 0.3 is 0 Å². The first kappa shape index (κ1) is 18.2. The van der Waals surface area contributed by atoms with Crippen LogP contribution in [0.2, 0.25) is 0 Å². The van der Waals surface area contributed by atoms with Crippen LogP contribution in [0.4, 0.5) is 5.69 Å². The molecule has 5 heteroatoms. The molecule has 0 saturated heterocycles. The van der Waals surface area contributed by atoms with Crippen molar-refractivity contribution in [1.82, 2.24) is 10.3 Å². The highest BCUT2D eigenvalue weighted by molar-refractivity contribution is 5.92. The number of amides is 1. The van der Waals surface area contributed by atoms with Gasteiger partial charge in [0.2, 0.25) is 0 Å². The average Bonchev–Trinajstić information content (AvgIpc) is 2.69. The number of anilines is 1. The van der Waals surface area contributed by atoms with Crippen LogP contribution in [0.5, 0.6) is 5.75 Å². The maximum Gasteiger partial charge on any atom is 0.270 e. The Hall–Kier alpha value is -2.56. The Morgan fingerprint density at radius 1 is 1.15 bits per heavy atom. The summed E-state index contributed by atoms with van der Waals surface area (Å²) < 4.78 is 5.37. The van der Waals surface area contributed by atoms with Gasteiger partial charge in [0.05, 0.1) is 19.0 Å². The number of carbonyl (C=O) groups is 1. The zero-order valence-electron chi connectivity index (χ0n) is 15.3. The van der Waals surface area contributed by atoms with Crippen LogP contribution in [0, 0.1) is 0 Å². The molecule has 1 aromatic carbocycles. The molecular formula is C21H27N3O2. The van der Waals surface area contributed by atoms with E-state index in [4.69, 9.17) is 4.74 Å². The van der Waals surface area contributed by atoms with Crippen molar-refractivity contribution in [2.75, 3.05) is 19.0 Å². The van der Waals surface area contributed by atoms with Crippen LogP contribution < -0.4 is 15.4 Å². The topological polar surface area (TPSA) is 63.2 Å². The summed E-state index contributed by atoms with van der Waals surface area (Å²) in [5.41, 5.74) is 2.55. The molecule has 1 aliphatic rings. The number of methoxy groups -OCH3 is 1. The molecule has 0 aliphatic heterocycles. The smallest absolute Gasteiger partial charge is 0.270 e. The van der Waals surface area contributed by atoms with E-state index in [1.807, 2.05) is 24.3 Å². The normalized spacial score (nSPS) is 14.7. The molecule has 0 atom stereocenters. The highest BCUT2D eigenvalue weighted by Crippen LogP contribution is 2.19. The van der Waals surface area contributed by atoms with E-state index >= 15 is 0 Å². The Labute approximate surface area is 155 Å².